The third-order valence-corrected chi connectivity index (χ3v) is 2.89. The standard InChI is InChI=1S/C8H9NS/c1-2-7-3-6-4-9-5-8(6)10-7/h3-5,9H,2H2,1H3. The zero-order chi connectivity index (χ0) is 6.97. The Morgan fingerprint density at radius 1 is 1.50 bits per heavy atom. The third-order valence-electron chi connectivity index (χ3n) is 1.64. The fraction of sp³-hybridized carbons (Fsp3) is 0.250. The maximum Gasteiger partial charge on any atom is 0.0520 e. The van der Waals surface area contributed by atoms with Gasteiger partial charge in [0.1, 0.15) is 0 Å². The molecule has 10 heavy (non-hydrogen) atoms. The average Bonchev–Trinajstić information content (AvgIpc) is 2.42. The van der Waals surface area contributed by atoms with Gasteiger partial charge in [-0.2, -0.15) is 0 Å². The summed E-state index contributed by atoms with van der Waals surface area (Å²) in [6.07, 6.45) is 5.25. The zero-order valence-electron chi connectivity index (χ0n) is 5.85. The molecule has 2 heterocycles. The van der Waals surface area contributed by atoms with Crippen LogP contribution in [-0.2, 0) is 6.42 Å². The minimum absolute atomic E-state index is 1.15. The quantitative estimate of drug-likeness (QED) is 0.645. The number of rotatable bonds is 1. The fourth-order valence-electron chi connectivity index (χ4n) is 1.08. The van der Waals surface area contributed by atoms with Gasteiger partial charge in [0.05, 0.1) is 4.70 Å². The van der Waals surface area contributed by atoms with Crippen LogP contribution in [0.2, 0.25) is 0 Å². The van der Waals surface area contributed by atoms with Crippen molar-refractivity contribution in [3.05, 3.63) is 23.3 Å². The molecule has 0 spiro atoms. The number of aromatic amines is 1. The monoisotopic (exact) mass is 151 g/mol. The van der Waals surface area contributed by atoms with Crippen molar-refractivity contribution in [3.8, 4) is 0 Å². The number of nitrogens with one attached hydrogen (secondary N) is 1. The van der Waals surface area contributed by atoms with Crippen molar-refractivity contribution < 1.29 is 0 Å². The van der Waals surface area contributed by atoms with Gasteiger partial charge in [-0.3, -0.25) is 0 Å². The van der Waals surface area contributed by atoms with Gasteiger partial charge in [-0.05, 0) is 12.5 Å². The molecular weight excluding hydrogens is 142 g/mol. The Hall–Kier alpha value is -0.760. The van der Waals surface area contributed by atoms with E-state index in [0.717, 1.165) is 6.42 Å². The van der Waals surface area contributed by atoms with Gasteiger partial charge in [0.15, 0.2) is 0 Å². The molecule has 0 unspecified atom stereocenters. The first-order valence-corrected chi connectivity index (χ1v) is 4.27. The molecule has 0 aromatic carbocycles. The van der Waals surface area contributed by atoms with Crippen molar-refractivity contribution in [2.24, 2.45) is 0 Å². The molecular formula is C8H9NS. The minimum atomic E-state index is 1.15. The maximum atomic E-state index is 3.08. The second kappa shape index (κ2) is 2.13. The summed E-state index contributed by atoms with van der Waals surface area (Å²) in [5, 5.41) is 1.35. The van der Waals surface area contributed by atoms with Crippen LogP contribution in [0.5, 0.6) is 0 Å². The first kappa shape index (κ1) is 5.98. The molecule has 1 N–H and O–H groups in total. The molecule has 0 atom stereocenters. The van der Waals surface area contributed by atoms with Crippen LogP contribution in [0.3, 0.4) is 0 Å². The number of hydrogen-bond donors (Lipinski definition) is 1. The molecule has 0 bridgehead atoms. The van der Waals surface area contributed by atoms with Crippen molar-refractivity contribution in [1.29, 1.82) is 0 Å². The van der Waals surface area contributed by atoms with E-state index in [2.05, 4.69) is 24.2 Å². The van der Waals surface area contributed by atoms with Crippen LogP contribution >= 0.6 is 11.3 Å². The Morgan fingerprint density at radius 3 is 3.10 bits per heavy atom. The predicted molar refractivity (Wildman–Crippen MR) is 45.6 cm³/mol. The van der Waals surface area contributed by atoms with Crippen LogP contribution in [-0.4, -0.2) is 4.98 Å². The number of fused-ring (bicyclic) bond motifs is 1. The zero-order valence-corrected chi connectivity index (χ0v) is 6.66. The maximum absolute atomic E-state index is 3.08. The van der Waals surface area contributed by atoms with Crippen LogP contribution in [0.4, 0.5) is 0 Å². The summed E-state index contributed by atoms with van der Waals surface area (Å²) in [5.74, 6) is 0. The molecule has 0 fully saturated rings. The van der Waals surface area contributed by atoms with E-state index in [0.29, 0.717) is 0 Å². The van der Waals surface area contributed by atoms with E-state index < -0.39 is 0 Å². The van der Waals surface area contributed by atoms with E-state index in [9.17, 15) is 0 Å². The minimum Gasteiger partial charge on any atom is -0.366 e. The van der Waals surface area contributed by atoms with Crippen LogP contribution in [0.25, 0.3) is 10.1 Å². The summed E-state index contributed by atoms with van der Waals surface area (Å²) >= 11 is 1.87. The lowest BCUT2D eigenvalue weighted by Crippen LogP contribution is -1.64. The van der Waals surface area contributed by atoms with E-state index in [4.69, 9.17) is 0 Å². The van der Waals surface area contributed by atoms with Crippen molar-refractivity contribution in [2.75, 3.05) is 0 Å². The van der Waals surface area contributed by atoms with Crippen molar-refractivity contribution in [2.45, 2.75) is 13.3 Å². The first-order valence-electron chi connectivity index (χ1n) is 3.45. The van der Waals surface area contributed by atoms with Crippen molar-refractivity contribution >= 4 is 21.4 Å². The number of thiophene rings is 1. The highest BCUT2D eigenvalue weighted by Crippen LogP contribution is 2.24. The molecule has 0 saturated carbocycles. The molecule has 2 heteroatoms. The first-order chi connectivity index (χ1) is 4.90. The molecule has 1 nitrogen and oxygen atoms in total. The SMILES string of the molecule is CCc1cc2c[nH]cc2s1. The Morgan fingerprint density at radius 2 is 2.40 bits per heavy atom. The summed E-state index contributed by atoms with van der Waals surface area (Å²) < 4.78 is 1.37. The molecule has 2 aromatic rings. The van der Waals surface area contributed by atoms with Gasteiger partial charge in [0.25, 0.3) is 0 Å². The van der Waals surface area contributed by atoms with Gasteiger partial charge in [-0.15, -0.1) is 11.3 Å². The highest BCUT2D eigenvalue weighted by molar-refractivity contribution is 7.19. The van der Waals surface area contributed by atoms with E-state index in [1.165, 1.54) is 15.0 Å². The van der Waals surface area contributed by atoms with Gasteiger partial charge in [-0.25, -0.2) is 0 Å². The second-order valence-corrected chi connectivity index (χ2v) is 3.51. The summed E-state index contributed by atoms with van der Waals surface area (Å²) in [5.41, 5.74) is 0. The molecule has 0 saturated heterocycles. The molecule has 2 aromatic heterocycles. The Bertz CT molecular complexity index is 303. The van der Waals surface area contributed by atoms with Crippen LogP contribution in [0.15, 0.2) is 18.5 Å². The highest BCUT2D eigenvalue weighted by atomic mass is 32.1. The smallest absolute Gasteiger partial charge is 0.0520 e. The van der Waals surface area contributed by atoms with E-state index in [1.54, 1.807) is 0 Å². The lowest BCUT2D eigenvalue weighted by molar-refractivity contribution is 1.19. The van der Waals surface area contributed by atoms with E-state index in [1.807, 2.05) is 17.5 Å². The number of H-pyrrole nitrogens is 1. The molecule has 0 amide bonds. The number of hydrogen-bond acceptors (Lipinski definition) is 1. The van der Waals surface area contributed by atoms with Gasteiger partial charge in [-0.1, -0.05) is 6.92 Å². The summed E-state index contributed by atoms with van der Waals surface area (Å²) in [7, 11) is 0. The van der Waals surface area contributed by atoms with Crippen molar-refractivity contribution in [1.82, 2.24) is 4.98 Å². The van der Waals surface area contributed by atoms with Gasteiger partial charge in [0, 0.05) is 22.7 Å². The largest absolute Gasteiger partial charge is 0.366 e. The number of aromatic nitrogens is 1. The van der Waals surface area contributed by atoms with Gasteiger partial charge < -0.3 is 4.98 Å². The topological polar surface area (TPSA) is 15.8 Å². The normalized spacial score (nSPS) is 10.9. The van der Waals surface area contributed by atoms with Crippen molar-refractivity contribution in [3.63, 3.8) is 0 Å². The molecule has 0 aliphatic rings. The Balaban J connectivity index is 2.67. The Kier molecular flexibility index (Phi) is 1.27. The summed E-state index contributed by atoms with van der Waals surface area (Å²) in [4.78, 5) is 4.55. The highest BCUT2D eigenvalue weighted by Gasteiger charge is 1.98. The molecule has 52 valence electrons. The average molecular weight is 151 g/mol. The molecule has 0 aliphatic heterocycles. The fourth-order valence-corrected chi connectivity index (χ4v) is 2.06. The van der Waals surface area contributed by atoms with Crippen LogP contribution < -0.4 is 0 Å². The third kappa shape index (κ3) is 0.762. The second-order valence-electron chi connectivity index (χ2n) is 2.34. The summed E-state index contributed by atoms with van der Waals surface area (Å²) in [6, 6.07) is 2.25. The summed E-state index contributed by atoms with van der Waals surface area (Å²) in [6.45, 7) is 2.19. The lowest BCUT2D eigenvalue weighted by Gasteiger charge is -1.80. The van der Waals surface area contributed by atoms with E-state index >= 15 is 0 Å². The van der Waals surface area contributed by atoms with Crippen LogP contribution in [0.1, 0.15) is 11.8 Å². The van der Waals surface area contributed by atoms with Crippen LogP contribution in [0, 0.1) is 0 Å². The molecule has 2 rings (SSSR count). The molecule has 0 radical (unpaired) electrons. The van der Waals surface area contributed by atoms with Gasteiger partial charge >= 0.3 is 0 Å². The van der Waals surface area contributed by atoms with Gasteiger partial charge in [0.2, 0.25) is 0 Å². The van der Waals surface area contributed by atoms with E-state index in [-0.39, 0.29) is 0 Å². The number of aryl methyl sites for hydroxylation is 1. The Labute approximate surface area is 63.7 Å². The lowest BCUT2D eigenvalue weighted by atomic mass is 10.3. The molecule has 0 aliphatic carbocycles. The predicted octanol–water partition coefficient (Wildman–Crippen LogP) is 2.79.